The summed E-state index contributed by atoms with van der Waals surface area (Å²) in [6, 6.07) is 0. The second-order valence-electron chi connectivity index (χ2n) is 1.01. The van der Waals surface area contributed by atoms with Crippen LogP contribution in [0.5, 0.6) is 0 Å². The molecule has 0 saturated carbocycles. The number of aliphatic hydroxyl groups excluding tert-OH is 1. The van der Waals surface area contributed by atoms with Gasteiger partial charge in [0.1, 0.15) is 6.10 Å². The minimum absolute atomic E-state index is 0. The van der Waals surface area contributed by atoms with Crippen LogP contribution in [0.1, 0.15) is 6.92 Å². The molecule has 2 N–H and O–H groups in total. The predicted molar refractivity (Wildman–Crippen MR) is 39.2 cm³/mol. The summed E-state index contributed by atoms with van der Waals surface area (Å²) < 4.78 is 0. The summed E-state index contributed by atoms with van der Waals surface area (Å²) in [6.45, 7) is 1.20. The zero-order chi connectivity index (χ0) is 5.15. The minimum atomic E-state index is -1.23. The molecule has 0 radical (unpaired) electrons. The van der Waals surface area contributed by atoms with Crippen LogP contribution in [0.2, 0.25) is 0 Å². The standard InChI is InChI=1S/C3H6O3.Ga.In.6H/c1-2(4)3(5)6;;;;;;;;/h2,4H,1H3,(H,5,6);;;;;;;;. The van der Waals surface area contributed by atoms with E-state index in [2.05, 4.69) is 0 Å². The Labute approximate surface area is 79.3 Å². The van der Waals surface area contributed by atoms with E-state index >= 15 is 0 Å². The van der Waals surface area contributed by atoms with Crippen molar-refractivity contribution in [1.82, 2.24) is 0 Å². The van der Waals surface area contributed by atoms with Gasteiger partial charge in [0.2, 0.25) is 0 Å². The van der Waals surface area contributed by atoms with Gasteiger partial charge in [-0.3, -0.25) is 0 Å². The molecule has 0 aromatic carbocycles. The van der Waals surface area contributed by atoms with Gasteiger partial charge in [-0.2, -0.15) is 0 Å². The van der Waals surface area contributed by atoms with Gasteiger partial charge in [0, 0.05) is 0 Å². The molecule has 0 heterocycles. The number of hydrogen-bond acceptors (Lipinski definition) is 2. The summed E-state index contributed by atoms with van der Waals surface area (Å²) >= 11 is 0. The van der Waals surface area contributed by atoms with Gasteiger partial charge in [-0.15, -0.1) is 0 Å². The molecule has 5 heteroatoms. The molecule has 3 nitrogen and oxygen atoms in total. The molecule has 0 aliphatic carbocycles. The number of carboxylic acids is 1. The van der Waals surface area contributed by atoms with Crippen LogP contribution in [0.4, 0.5) is 0 Å². The van der Waals surface area contributed by atoms with Crippen molar-refractivity contribution in [1.29, 1.82) is 0 Å². The topological polar surface area (TPSA) is 57.5 Å². The monoisotopic (exact) mass is 280 g/mol. The van der Waals surface area contributed by atoms with Crippen LogP contribution in [0.25, 0.3) is 0 Å². The van der Waals surface area contributed by atoms with Gasteiger partial charge in [0.05, 0.1) is 0 Å². The van der Waals surface area contributed by atoms with E-state index in [0.29, 0.717) is 0 Å². The summed E-state index contributed by atoms with van der Waals surface area (Å²) in [5, 5.41) is 15.8. The molecule has 0 bridgehead atoms. The molecular weight excluding hydrogens is 269 g/mol. The van der Waals surface area contributed by atoms with Gasteiger partial charge in [-0.25, -0.2) is 4.79 Å². The Bertz CT molecular complexity index is 65.5. The van der Waals surface area contributed by atoms with Gasteiger partial charge in [-0.1, -0.05) is 0 Å². The van der Waals surface area contributed by atoms with Gasteiger partial charge < -0.3 is 10.2 Å². The average molecular weight is 281 g/mol. The van der Waals surface area contributed by atoms with Crippen LogP contribution in [-0.2, 0) is 4.79 Å². The second-order valence-corrected chi connectivity index (χ2v) is 1.01. The molecule has 0 saturated heterocycles. The molecule has 0 aromatic heterocycles. The Hall–Kier alpha value is 0.936. The molecule has 0 amide bonds. The number of hydrogen-bond donors (Lipinski definition) is 2. The van der Waals surface area contributed by atoms with E-state index in [1.807, 2.05) is 0 Å². The van der Waals surface area contributed by atoms with E-state index < -0.39 is 12.1 Å². The average Bonchev–Trinajstić information content (AvgIpc) is 1.36. The van der Waals surface area contributed by atoms with Gasteiger partial charge >= 0.3 is 51.6 Å². The van der Waals surface area contributed by atoms with Crippen molar-refractivity contribution >= 4 is 51.6 Å². The fraction of sp³-hybridized carbons (Fsp3) is 0.667. The molecule has 0 rings (SSSR count). The van der Waals surface area contributed by atoms with Crippen molar-refractivity contribution in [3.63, 3.8) is 0 Å². The van der Waals surface area contributed by atoms with Crippen LogP contribution >= 0.6 is 0 Å². The van der Waals surface area contributed by atoms with Gasteiger partial charge in [0.15, 0.2) is 0 Å². The van der Waals surface area contributed by atoms with Crippen molar-refractivity contribution in [3.8, 4) is 0 Å². The third-order valence-electron chi connectivity index (χ3n) is 0.357. The maximum absolute atomic E-state index is 9.45. The zero-order valence-electron chi connectivity index (χ0n) is 3.38. The normalized spacial score (nSPS) is 10.2. The SMILES string of the molecule is CC(O)C(=O)O.[GaH3].[InH3]. The Balaban J connectivity index is -0.000000125. The van der Waals surface area contributed by atoms with Crippen molar-refractivity contribution < 1.29 is 15.0 Å². The first-order valence-electron chi connectivity index (χ1n) is 1.55. The first-order valence-corrected chi connectivity index (χ1v) is 1.55. The number of aliphatic carboxylic acids is 1. The number of carbonyl (C=O) groups is 1. The molecular formula is C3H12GaInO3. The van der Waals surface area contributed by atoms with E-state index in [4.69, 9.17) is 10.2 Å². The molecule has 0 spiro atoms. The van der Waals surface area contributed by atoms with Crippen LogP contribution < -0.4 is 0 Å². The van der Waals surface area contributed by atoms with Gasteiger partial charge in [0.25, 0.3) is 0 Å². The van der Waals surface area contributed by atoms with E-state index in [1.54, 1.807) is 0 Å². The summed E-state index contributed by atoms with van der Waals surface area (Å²) in [7, 11) is 0. The van der Waals surface area contributed by atoms with Crippen LogP contribution in [0.3, 0.4) is 0 Å². The quantitative estimate of drug-likeness (QED) is 0.506. The third kappa shape index (κ3) is 10.0. The van der Waals surface area contributed by atoms with E-state index in [9.17, 15) is 4.79 Å². The molecule has 1 unspecified atom stereocenters. The first kappa shape index (κ1) is 16.0. The third-order valence-corrected chi connectivity index (χ3v) is 0.357. The summed E-state index contributed by atoms with van der Waals surface area (Å²) in [4.78, 5) is 9.45. The second kappa shape index (κ2) is 7.94. The molecule has 1 atom stereocenters. The molecule has 0 fully saturated rings. The fourth-order valence-electron chi connectivity index (χ4n) is 0. The number of carboxylic acid groups (broad SMARTS) is 1. The number of rotatable bonds is 1. The molecule has 8 heavy (non-hydrogen) atoms. The van der Waals surface area contributed by atoms with Crippen molar-refractivity contribution in [2.75, 3.05) is 0 Å². The van der Waals surface area contributed by atoms with E-state index in [1.165, 1.54) is 6.92 Å². The van der Waals surface area contributed by atoms with Crippen molar-refractivity contribution in [2.24, 2.45) is 0 Å². The summed E-state index contributed by atoms with van der Waals surface area (Å²) in [6.07, 6.45) is -1.23. The summed E-state index contributed by atoms with van der Waals surface area (Å²) in [5.74, 6) is -1.19. The van der Waals surface area contributed by atoms with Crippen molar-refractivity contribution in [3.05, 3.63) is 0 Å². The van der Waals surface area contributed by atoms with Crippen molar-refractivity contribution in [2.45, 2.75) is 13.0 Å². The van der Waals surface area contributed by atoms with E-state index in [-0.39, 0.29) is 45.6 Å². The van der Waals surface area contributed by atoms with Crippen LogP contribution in [0.15, 0.2) is 0 Å². The Morgan fingerprint density at radius 2 is 1.75 bits per heavy atom. The predicted octanol–water partition coefficient (Wildman–Crippen LogP) is -2.92. The molecule has 0 aromatic rings. The fourth-order valence-corrected chi connectivity index (χ4v) is 0. The first-order chi connectivity index (χ1) is 2.64. The number of aliphatic hydroxyl groups is 1. The van der Waals surface area contributed by atoms with Crippen LogP contribution in [0, 0.1) is 0 Å². The zero-order valence-corrected chi connectivity index (χ0v) is 3.38. The maximum atomic E-state index is 9.45. The van der Waals surface area contributed by atoms with E-state index in [0.717, 1.165) is 0 Å². The summed E-state index contributed by atoms with van der Waals surface area (Å²) in [5.41, 5.74) is 0. The Morgan fingerprint density at radius 3 is 1.75 bits per heavy atom. The Kier molecular flexibility index (Phi) is 15.8. The molecule has 48 valence electrons. The molecule has 0 aliphatic rings. The van der Waals surface area contributed by atoms with Gasteiger partial charge in [-0.05, 0) is 6.92 Å². The molecule has 0 aliphatic heterocycles. The van der Waals surface area contributed by atoms with Crippen LogP contribution in [-0.4, -0.2) is 67.9 Å². The Morgan fingerprint density at radius 1 is 1.62 bits per heavy atom.